The Bertz CT molecular complexity index is 1030. The van der Waals surface area contributed by atoms with Crippen molar-refractivity contribution in [3.8, 4) is 17.0 Å². The van der Waals surface area contributed by atoms with Crippen molar-refractivity contribution < 1.29 is 18.8 Å². The summed E-state index contributed by atoms with van der Waals surface area (Å²) < 4.78 is 10.4. The molecule has 0 spiro atoms. The maximum atomic E-state index is 13.0. The molecule has 0 saturated heterocycles. The summed E-state index contributed by atoms with van der Waals surface area (Å²) in [4.78, 5) is 26.4. The van der Waals surface area contributed by atoms with Gasteiger partial charge < -0.3 is 19.9 Å². The third-order valence-electron chi connectivity index (χ3n) is 4.94. The number of primary amides is 1. The molecule has 1 aliphatic rings. The molecule has 0 radical (unpaired) electrons. The minimum atomic E-state index is -0.725. The number of amides is 2. The van der Waals surface area contributed by atoms with Crippen LogP contribution in [0.3, 0.4) is 0 Å². The fraction of sp³-hybridized carbons (Fsp3) is 0.190. The Balaban J connectivity index is 1.61. The zero-order chi connectivity index (χ0) is 19.7. The summed E-state index contributed by atoms with van der Waals surface area (Å²) in [5.74, 6) is -0.167. The second kappa shape index (κ2) is 7.19. The van der Waals surface area contributed by atoms with Gasteiger partial charge in [0.05, 0.1) is 7.11 Å². The van der Waals surface area contributed by atoms with Crippen molar-refractivity contribution in [1.29, 1.82) is 0 Å². The van der Waals surface area contributed by atoms with E-state index in [4.69, 9.17) is 15.0 Å². The first-order chi connectivity index (χ1) is 13.6. The van der Waals surface area contributed by atoms with Gasteiger partial charge >= 0.3 is 0 Å². The lowest BCUT2D eigenvalue weighted by atomic mass is 9.93. The molecule has 2 N–H and O–H groups in total. The number of nitrogens with two attached hydrogens (primary N) is 1. The van der Waals surface area contributed by atoms with Crippen LogP contribution < -0.4 is 10.5 Å². The van der Waals surface area contributed by atoms with Gasteiger partial charge in [-0.25, -0.2) is 0 Å². The zero-order valence-corrected chi connectivity index (χ0v) is 15.3. The predicted octanol–water partition coefficient (Wildman–Crippen LogP) is 2.40. The van der Waals surface area contributed by atoms with E-state index in [9.17, 15) is 9.59 Å². The lowest BCUT2D eigenvalue weighted by Crippen LogP contribution is -2.51. The standard InChI is InChI=1S/C21H19N3O4/c1-27-16-8-6-13(7-9-16)17-11-19(28-23-17)21(26)24-12-15-5-3-2-4-14(15)10-18(24)20(22)25/h2-9,11,18H,10,12H2,1H3,(H2,22,25)/t18-/m1/s1. The van der Waals surface area contributed by atoms with Gasteiger partial charge in [-0.05, 0) is 35.4 Å². The molecule has 2 amide bonds. The number of carbonyl (C=O) groups is 2. The smallest absolute Gasteiger partial charge is 0.293 e. The largest absolute Gasteiger partial charge is 0.497 e. The molecule has 0 bridgehead atoms. The van der Waals surface area contributed by atoms with Crippen LogP contribution in [0.5, 0.6) is 5.75 Å². The second-order valence-corrected chi connectivity index (χ2v) is 6.63. The average molecular weight is 377 g/mol. The molecule has 1 atom stereocenters. The lowest BCUT2D eigenvalue weighted by molar-refractivity contribution is -0.122. The average Bonchev–Trinajstić information content (AvgIpc) is 3.22. The molecular weight excluding hydrogens is 358 g/mol. The van der Waals surface area contributed by atoms with E-state index in [2.05, 4.69) is 5.16 Å². The number of methoxy groups -OCH3 is 1. The van der Waals surface area contributed by atoms with E-state index in [1.807, 2.05) is 36.4 Å². The molecule has 0 unspecified atom stereocenters. The Morgan fingerprint density at radius 1 is 1.14 bits per heavy atom. The highest BCUT2D eigenvalue weighted by atomic mass is 16.5. The maximum absolute atomic E-state index is 13.0. The van der Waals surface area contributed by atoms with Gasteiger partial charge in [-0.2, -0.15) is 0 Å². The number of hydrogen-bond acceptors (Lipinski definition) is 5. The monoisotopic (exact) mass is 377 g/mol. The van der Waals surface area contributed by atoms with E-state index in [1.54, 1.807) is 25.3 Å². The van der Waals surface area contributed by atoms with Crippen molar-refractivity contribution in [2.24, 2.45) is 5.73 Å². The van der Waals surface area contributed by atoms with E-state index >= 15 is 0 Å². The second-order valence-electron chi connectivity index (χ2n) is 6.63. The molecule has 4 rings (SSSR count). The van der Waals surface area contributed by atoms with Crippen molar-refractivity contribution in [2.45, 2.75) is 19.0 Å². The van der Waals surface area contributed by atoms with Crippen LogP contribution in [0.15, 0.2) is 59.1 Å². The van der Waals surface area contributed by atoms with Gasteiger partial charge in [-0.1, -0.05) is 29.4 Å². The Labute approximate surface area is 161 Å². The van der Waals surface area contributed by atoms with Gasteiger partial charge in [-0.15, -0.1) is 0 Å². The van der Waals surface area contributed by atoms with Crippen molar-refractivity contribution in [2.75, 3.05) is 7.11 Å². The van der Waals surface area contributed by atoms with Crippen LogP contribution in [0.2, 0.25) is 0 Å². The number of aromatic nitrogens is 1. The molecule has 7 nitrogen and oxygen atoms in total. The normalized spacial score (nSPS) is 15.8. The summed E-state index contributed by atoms with van der Waals surface area (Å²) in [6.07, 6.45) is 0.386. The number of hydrogen-bond donors (Lipinski definition) is 1. The fourth-order valence-corrected chi connectivity index (χ4v) is 3.41. The van der Waals surface area contributed by atoms with Gasteiger partial charge in [0.15, 0.2) is 0 Å². The fourth-order valence-electron chi connectivity index (χ4n) is 3.41. The first-order valence-corrected chi connectivity index (χ1v) is 8.85. The van der Waals surface area contributed by atoms with E-state index < -0.39 is 17.9 Å². The van der Waals surface area contributed by atoms with Crippen LogP contribution in [0.25, 0.3) is 11.3 Å². The molecule has 28 heavy (non-hydrogen) atoms. The zero-order valence-electron chi connectivity index (χ0n) is 15.3. The van der Waals surface area contributed by atoms with Crippen molar-refractivity contribution in [3.63, 3.8) is 0 Å². The first kappa shape index (κ1) is 17.8. The summed E-state index contributed by atoms with van der Waals surface area (Å²) in [6.45, 7) is 0.293. The number of ether oxygens (including phenoxy) is 1. The van der Waals surface area contributed by atoms with Crippen molar-refractivity contribution in [1.82, 2.24) is 10.1 Å². The van der Waals surface area contributed by atoms with E-state index in [0.29, 0.717) is 18.7 Å². The van der Waals surface area contributed by atoms with E-state index in [0.717, 1.165) is 22.4 Å². The SMILES string of the molecule is COc1ccc(-c2cc(C(=O)N3Cc4ccccc4C[C@@H]3C(N)=O)on2)cc1. The van der Waals surface area contributed by atoms with Crippen LogP contribution in [0.4, 0.5) is 0 Å². The van der Waals surface area contributed by atoms with Crippen LogP contribution in [0, 0.1) is 0 Å². The minimum absolute atomic E-state index is 0.0662. The van der Waals surface area contributed by atoms with Crippen LogP contribution in [-0.4, -0.2) is 35.0 Å². The molecule has 3 aromatic rings. The number of nitrogens with zero attached hydrogens (tertiary/aromatic N) is 2. The molecule has 0 aliphatic carbocycles. The maximum Gasteiger partial charge on any atom is 0.293 e. The third-order valence-corrected chi connectivity index (χ3v) is 4.94. The highest BCUT2D eigenvalue weighted by molar-refractivity contribution is 5.96. The molecular formula is C21H19N3O4. The molecule has 1 aliphatic heterocycles. The highest BCUT2D eigenvalue weighted by Crippen LogP contribution is 2.27. The van der Waals surface area contributed by atoms with Crippen LogP contribution in [-0.2, 0) is 17.8 Å². The lowest BCUT2D eigenvalue weighted by Gasteiger charge is -2.34. The van der Waals surface area contributed by atoms with Crippen LogP contribution in [0.1, 0.15) is 21.7 Å². The molecule has 2 aromatic carbocycles. The van der Waals surface area contributed by atoms with Gasteiger partial charge in [0.1, 0.15) is 17.5 Å². The summed E-state index contributed by atoms with van der Waals surface area (Å²) in [6, 6.07) is 15.8. The van der Waals surface area contributed by atoms with E-state index in [-0.39, 0.29) is 5.76 Å². The van der Waals surface area contributed by atoms with Crippen molar-refractivity contribution in [3.05, 3.63) is 71.5 Å². The quantitative estimate of drug-likeness (QED) is 0.753. The molecule has 0 saturated carbocycles. The summed E-state index contributed by atoms with van der Waals surface area (Å²) in [7, 11) is 1.59. The van der Waals surface area contributed by atoms with Gasteiger partial charge in [0.25, 0.3) is 5.91 Å². The van der Waals surface area contributed by atoms with E-state index in [1.165, 1.54) is 4.90 Å². The molecule has 142 valence electrons. The molecule has 7 heteroatoms. The number of rotatable bonds is 4. The Morgan fingerprint density at radius 3 is 2.54 bits per heavy atom. The first-order valence-electron chi connectivity index (χ1n) is 8.85. The topological polar surface area (TPSA) is 98.7 Å². The Kier molecular flexibility index (Phi) is 4.57. The third kappa shape index (κ3) is 3.22. The number of fused-ring (bicyclic) bond motifs is 1. The molecule has 1 aromatic heterocycles. The van der Waals surface area contributed by atoms with Gasteiger partial charge in [0.2, 0.25) is 11.7 Å². The molecule has 2 heterocycles. The predicted molar refractivity (Wildman–Crippen MR) is 101 cm³/mol. The summed E-state index contributed by atoms with van der Waals surface area (Å²) >= 11 is 0. The van der Waals surface area contributed by atoms with Crippen molar-refractivity contribution >= 4 is 11.8 Å². The number of carbonyl (C=O) groups excluding carboxylic acids is 2. The van der Waals surface area contributed by atoms with Gasteiger partial charge in [0, 0.05) is 24.6 Å². The number of benzene rings is 2. The highest BCUT2D eigenvalue weighted by Gasteiger charge is 2.35. The Morgan fingerprint density at radius 2 is 1.86 bits per heavy atom. The summed E-state index contributed by atoms with van der Waals surface area (Å²) in [5.41, 5.74) is 8.89. The molecule has 0 fully saturated rings. The van der Waals surface area contributed by atoms with Crippen LogP contribution >= 0.6 is 0 Å². The van der Waals surface area contributed by atoms with Gasteiger partial charge in [-0.3, -0.25) is 9.59 Å². The minimum Gasteiger partial charge on any atom is -0.497 e. The summed E-state index contributed by atoms with van der Waals surface area (Å²) in [5, 5.41) is 3.99. The Hall–Kier alpha value is -3.61.